The van der Waals surface area contributed by atoms with Crippen molar-refractivity contribution < 1.29 is 14.3 Å². The molecule has 0 aromatic rings. The monoisotopic (exact) mass is 316 g/mol. The van der Waals surface area contributed by atoms with Gasteiger partial charge in [-0.05, 0) is 30.0 Å². The van der Waals surface area contributed by atoms with Gasteiger partial charge in [0.15, 0.2) is 8.32 Å². The largest absolute Gasteiger partial charge is 0.413 e. The molecule has 0 bridgehead atoms. The molecule has 0 aliphatic rings. The fourth-order valence-electron chi connectivity index (χ4n) is 1.75. The van der Waals surface area contributed by atoms with Crippen LogP contribution in [-0.4, -0.2) is 31.4 Å². The summed E-state index contributed by atoms with van der Waals surface area (Å²) in [7, 11) is -1.91. The Hall–Kier alpha value is -0.193. The molecule has 4 heteroatoms. The molecule has 0 saturated carbocycles. The summed E-state index contributed by atoms with van der Waals surface area (Å²) >= 11 is 0. The van der Waals surface area contributed by atoms with Crippen molar-refractivity contribution in [2.75, 3.05) is 0 Å². The number of carbonyl (C=O) groups excluding carboxylic acids is 1. The SMILES string of the molecule is CC[C@H](O)CC(=O)C[C@@H](O[Si](C)(C)C(C)(C)C)C(C)(C)C. The van der Waals surface area contributed by atoms with Crippen molar-refractivity contribution in [2.45, 2.75) is 98.1 Å². The Bertz CT molecular complexity index is 337. The summed E-state index contributed by atoms with van der Waals surface area (Å²) in [5, 5.41) is 9.78. The van der Waals surface area contributed by atoms with Crippen LogP contribution in [0.5, 0.6) is 0 Å². The third kappa shape index (κ3) is 7.07. The van der Waals surface area contributed by atoms with Gasteiger partial charge in [-0.2, -0.15) is 0 Å². The fourth-order valence-corrected chi connectivity index (χ4v) is 3.26. The van der Waals surface area contributed by atoms with Crippen LogP contribution in [0, 0.1) is 5.41 Å². The number of hydrogen-bond donors (Lipinski definition) is 1. The van der Waals surface area contributed by atoms with Gasteiger partial charge in [-0.15, -0.1) is 0 Å². The molecule has 3 nitrogen and oxygen atoms in total. The molecule has 0 aromatic carbocycles. The minimum Gasteiger partial charge on any atom is -0.413 e. The van der Waals surface area contributed by atoms with E-state index in [2.05, 4.69) is 54.6 Å². The number of Topliss-reactive ketones (excluding diaryl/α,β-unsaturated/α-hetero) is 1. The van der Waals surface area contributed by atoms with E-state index in [1.54, 1.807) is 0 Å². The normalized spacial score (nSPS) is 16.7. The first-order valence-corrected chi connectivity index (χ1v) is 11.0. The van der Waals surface area contributed by atoms with Gasteiger partial charge >= 0.3 is 0 Å². The van der Waals surface area contributed by atoms with Crippen molar-refractivity contribution in [2.24, 2.45) is 5.41 Å². The molecular formula is C17H36O3Si. The van der Waals surface area contributed by atoms with Crippen LogP contribution in [0.1, 0.15) is 67.7 Å². The van der Waals surface area contributed by atoms with Crippen molar-refractivity contribution >= 4 is 14.1 Å². The van der Waals surface area contributed by atoms with Crippen LogP contribution in [0.15, 0.2) is 0 Å². The summed E-state index contributed by atoms with van der Waals surface area (Å²) in [4.78, 5) is 12.2. The number of rotatable bonds is 7. The zero-order valence-corrected chi connectivity index (χ0v) is 16.5. The van der Waals surface area contributed by atoms with Crippen molar-refractivity contribution in [1.29, 1.82) is 0 Å². The first-order chi connectivity index (χ1) is 9.20. The maximum atomic E-state index is 12.2. The lowest BCUT2D eigenvalue weighted by Gasteiger charge is -2.43. The molecule has 0 fully saturated rings. The van der Waals surface area contributed by atoms with Gasteiger partial charge in [-0.3, -0.25) is 4.79 Å². The van der Waals surface area contributed by atoms with Crippen LogP contribution < -0.4 is 0 Å². The number of aliphatic hydroxyl groups is 1. The Balaban J connectivity index is 4.97. The van der Waals surface area contributed by atoms with Gasteiger partial charge < -0.3 is 9.53 Å². The Kier molecular flexibility index (Phi) is 7.31. The van der Waals surface area contributed by atoms with Crippen molar-refractivity contribution in [3.8, 4) is 0 Å². The highest BCUT2D eigenvalue weighted by atomic mass is 28.4. The second-order valence-electron chi connectivity index (χ2n) is 8.74. The topological polar surface area (TPSA) is 46.5 Å². The van der Waals surface area contributed by atoms with E-state index in [4.69, 9.17) is 4.43 Å². The average molecular weight is 317 g/mol. The zero-order chi connectivity index (χ0) is 17.1. The van der Waals surface area contributed by atoms with Crippen LogP contribution in [0.25, 0.3) is 0 Å². The molecule has 0 unspecified atom stereocenters. The van der Waals surface area contributed by atoms with Crippen molar-refractivity contribution in [3.63, 3.8) is 0 Å². The minimum absolute atomic E-state index is 0.0810. The number of aliphatic hydroxyl groups excluding tert-OH is 1. The van der Waals surface area contributed by atoms with Gasteiger partial charge in [0.1, 0.15) is 5.78 Å². The van der Waals surface area contributed by atoms with E-state index in [9.17, 15) is 9.90 Å². The van der Waals surface area contributed by atoms with Gasteiger partial charge in [0.05, 0.1) is 12.2 Å². The van der Waals surface area contributed by atoms with E-state index in [-0.39, 0.29) is 28.8 Å². The first-order valence-electron chi connectivity index (χ1n) is 8.08. The molecule has 0 aliphatic heterocycles. The number of ketones is 1. The maximum absolute atomic E-state index is 12.2. The van der Waals surface area contributed by atoms with E-state index in [0.29, 0.717) is 12.8 Å². The standard InChI is InChI=1S/C17H36O3Si/c1-10-13(18)11-14(19)12-15(16(2,3)4)20-21(8,9)17(5,6)7/h13,15,18H,10-12H2,1-9H3/t13-,15+/m0/s1. The van der Waals surface area contributed by atoms with Crippen LogP contribution >= 0.6 is 0 Å². The highest BCUT2D eigenvalue weighted by Crippen LogP contribution is 2.40. The van der Waals surface area contributed by atoms with Gasteiger partial charge in [-0.1, -0.05) is 48.5 Å². The van der Waals surface area contributed by atoms with Gasteiger partial charge in [0.25, 0.3) is 0 Å². The summed E-state index contributed by atoms with van der Waals surface area (Å²) in [5.41, 5.74) is -0.0810. The lowest BCUT2D eigenvalue weighted by Crippen LogP contribution is -2.48. The third-order valence-electron chi connectivity index (χ3n) is 4.56. The third-order valence-corrected chi connectivity index (χ3v) is 9.04. The first kappa shape index (κ1) is 20.8. The second kappa shape index (κ2) is 7.38. The Morgan fingerprint density at radius 1 is 1.10 bits per heavy atom. The predicted octanol–water partition coefficient (Wildman–Crippen LogP) is 4.54. The van der Waals surface area contributed by atoms with E-state index >= 15 is 0 Å². The molecule has 0 aromatic heterocycles. The van der Waals surface area contributed by atoms with Crippen LogP contribution in [0.3, 0.4) is 0 Å². The molecule has 0 aliphatic carbocycles. The molecule has 0 radical (unpaired) electrons. The highest BCUT2D eigenvalue weighted by Gasteiger charge is 2.42. The molecule has 0 amide bonds. The summed E-state index contributed by atoms with van der Waals surface area (Å²) in [6.07, 6.45) is 0.646. The number of hydrogen-bond acceptors (Lipinski definition) is 3. The van der Waals surface area contributed by atoms with E-state index < -0.39 is 14.4 Å². The van der Waals surface area contributed by atoms with Crippen LogP contribution in [0.2, 0.25) is 18.1 Å². The average Bonchev–Trinajstić information content (AvgIpc) is 2.24. The fraction of sp³-hybridized carbons (Fsp3) is 0.941. The van der Waals surface area contributed by atoms with Crippen molar-refractivity contribution in [3.05, 3.63) is 0 Å². The van der Waals surface area contributed by atoms with Crippen LogP contribution in [-0.2, 0) is 9.22 Å². The van der Waals surface area contributed by atoms with E-state index in [0.717, 1.165) is 0 Å². The smallest absolute Gasteiger partial charge is 0.192 e. The summed E-state index contributed by atoms with van der Waals surface area (Å²) in [5.74, 6) is 0.1000. The highest BCUT2D eigenvalue weighted by molar-refractivity contribution is 6.74. The minimum atomic E-state index is -1.91. The van der Waals surface area contributed by atoms with E-state index in [1.807, 2.05) is 6.92 Å². The van der Waals surface area contributed by atoms with Crippen LogP contribution in [0.4, 0.5) is 0 Å². The van der Waals surface area contributed by atoms with Gasteiger partial charge in [0.2, 0.25) is 0 Å². The maximum Gasteiger partial charge on any atom is 0.192 e. The molecule has 0 heterocycles. The Labute approximate surface area is 132 Å². The molecule has 2 atom stereocenters. The molecule has 0 spiro atoms. The Morgan fingerprint density at radius 3 is 1.90 bits per heavy atom. The van der Waals surface area contributed by atoms with E-state index in [1.165, 1.54) is 0 Å². The predicted molar refractivity (Wildman–Crippen MR) is 92.1 cm³/mol. The van der Waals surface area contributed by atoms with Gasteiger partial charge in [-0.25, -0.2) is 0 Å². The lowest BCUT2D eigenvalue weighted by molar-refractivity contribution is -0.124. The molecule has 1 N–H and O–H groups in total. The van der Waals surface area contributed by atoms with Crippen molar-refractivity contribution in [1.82, 2.24) is 0 Å². The zero-order valence-electron chi connectivity index (χ0n) is 15.5. The quantitative estimate of drug-likeness (QED) is 0.701. The molecule has 21 heavy (non-hydrogen) atoms. The summed E-state index contributed by atoms with van der Waals surface area (Å²) < 4.78 is 6.49. The summed E-state index contributed by atoms with van der Waals surface area (Å²) in [6.45, 7) is 19.3. The lowest BCUT2D eigenvalue weighted by atomic mass is 9.85. The molecule has 0 saturated heterocycles. The second-order valence-corrected chi connectivity index (χ2v) is 13.5. The van der Waals surface area contributed by atoms with Gasteiger partial charge in [0, 0.05) is 12.8 Å². The number of carbonyl (C=O) groups is 1. The Morgan fingerprint density at radius 2 is 1.57 bits per heavy atom. The summed E-state index contributed by atoms with van der Waals surface area (Å²) in [6, 6.07) is 0. The molecule has 126 valence electrons. The molecule has 0 rings (SSSR count). The molecular weight excluding hydrogens is 280 g/mol.